The molecule has 132 valence electrons. The van der Waals surface area contributed by atoms with Crippen molar-refractivity contribution in [2.75, 3.05) is 16.2 Å². The number of rotatable bonds is 3. The Kier molecular flexibility index (Phi) is 3.99. The number of halogens is 1. The molecule has 0 spiro atoms. The van der Waals surface area contributed by atoms with Crippen LogP contribution in [-0.2, 0) is 9.59 Å². The second-order valence-electron chi connectivity index (χ2n) is 6.09. The van der Waals surface area contributed by atoms with Crippen LogP contribution >= 0.6 is 11.8 Å². The van der Waals surface area contributed by atoms with Gasteiger partial charge in [-0.15, -0.1) is 11.8 Å². The van der Waals surface area contributed by atoms with Crippen LogP contribution in [0.15, 0.2) is 57.7 Å². The molecule has 6 nitrogen and oxygen atoms in total. The van der Waals surface area contributed by atoms with Crippen LogP contribution in [0.3, 0.4) is 0 Å². The lowest BCUT2D eigenvalue weighted by atomic mass is 10.1. The molecule has 1 saturated heterocycles. The van der Waals surface area contributed by atoms with Crippen molar-refractivity contribution in [3.63, 3.8) is 0 Å². The van der Waals surface area contributed by atoms with Crippen LogP contribution in [0.5, 0.6) is 0 Å². The Labute approximate surface area is 153 Å². The molecule has 0 unspecified atom stereocenters. The predicted octanol–water partition coefficient (Wildman–Crippen LogP) is 3.35. The van der Waals surface area contributed by atoms with E-state index in [0.29, 0.717) is 16.9 Å². The van der Waals surface area contributed by atoms with Crippen molar-refractivity contribution >= 4 is 35.0 Å². The first-order valence-electron chi connectivity index (χ1n) is 7.99. The monoisotopic (exact) mass is 370 g/mol. The van der Waals surface area contributed by atoms with Crippen molar-refractivity contribution in [3.8, 4) is 0 Å². The molecule has 0 aliphatic carbocycles. The van der Waals surface area contributed by atoms with Crippen molar-refractivity contribution < 1.29 is 14.0 Å². The molecule has 1 fully saturated rings. The summed E-state index contributed by atoms with van der Waals surface area (Å²) in [5, 5.41) is 9.24. The molecular formula is C18H15FN4O2S. The van der Waals surface area contributed by atoms with E-state index < -0.39 is 29.7 Å². The maximum atomic E-state index is 13.9. The average molecular weight is 370 g/mol. The lowest BCUT2D eigenvalue weighted by Crippen LogP contribution is -2.40. The molecule has 2 amide bonds. The number of imide groups is 1. The third kappa shape index (κ3) is 2.48. The maximum absolute atomic E-state index is 13.9. The van der Waals surface area contributed by atoms with Crippen molar-refractivity contribution in [1.29, 1.82) is 0 Å². The summed E-state index contributed by atoms with van der Waals surface area (Å²) < 4.78 is 13.9. The number of hydrogen-bond donors (Lipinski definition) is 0. The summed E-state index contributed by atoms with van der Waals surface area (Å²) in [6, 6.07) is 9.96. The Bertz CT molecular complexity index is 949. The molecule has 0 aromatic heterocycles. The van der Waals surface area contributed by atoms with Gasteiger partial charge < -0.3 is 0 Å². The molecule has 0 N–H and O–H groups in total. The van der Waals surface area contributed by atoms with Crippen LogP contribution in [0, 0.1) is 12.7 Å². The predicted molar refractivity (Wildman–Crippen MR) is 96.8 cm³/mol. The van der Waals surface area contributed by atoms with Gasteiger partial charge in [-0.05, 0) is 49.1 Å². The molecular weight excluding hydrogens is 355 g/mol. The largest absolute Gasteiger partial charge is 0.271 e. The quantitative estimate of drug-likeness (QED) is 0.614. The van der Waals surface area contributed by atoms with E-state index in [1.807, 2.05) is 12.3 Å². The van der Waals surface area contributed by atoms with Gasteiger partial charge >= 0.3 is 0 Å². The van der Waals surface area contributed by atoms with Gasteiger partial charge in [-0.25, -0.2) is 14.3 Å². The van der Waals surface area contributed by atoms with Gasteiger partial charge in [0.15, 0.2) is 12.1 Å². The Morgan fingerprint density at radius 3 is 2.62 bits per heavy atom. The number of nitrogens with zero attached hydrogens (tertiary/aromatic N) is 4. The van der Waals surface area contributed by atoms with Crippen molar-refractivity contribution in [2.24, 2.45) is 10.3 Å². The molecule has 0 bridgehead atoms. The maximum Gasteiger partial charge on any atom is 0.263 e. The summed E-state index contributed by atoms with van der Waals surface area (Å²) in [7, 11) is 0. The molecule has 2 aromatic carbocycles. The number of thioether (sulfide) groups is 1. The van der Waals surface area contributed by atoms with Crippen LogP contribution in [0.1, 0.15) is 5.56 Å². The van der Waals surface area contributed by atoms with Gasteiger partial charge in [-0.2, -0.15) is 5.11 Å². The second kappa shape index (κ2) is 6.21. The van der Waals surface area contributed by atoms with Crippen LogP contribution in [0.2, 0.25) is 0 Å². The molecule has 2 heterocycles. The van der Waals surface area contributed by atoms with Gasteiger partial charge in [-0.1, -0.05) is 17.4 Å². The molecule has 8 heteroatoms. The Balaban J connectivity index is 1.70. The minimum atomic E-state index is -0.912. The van der Waals surface area contributed by atoms with Gasteiger partial charge in [0.2, 0.25) is 0 Å². The number of anilines is 2. The van der Waals surface area contributed by atoms with Crippen LogP contribution in [-0.4, -0.2) is 30.2 Å². The number of carbonyl (C=O) groups is 2. The van der Waals surface area contributed by atoms with E-state index in [0.717, 1.165) is 9.80 Å². The minimum Gasteiger partial charge on any atom is -0.271 e. The van der Waals surface area contributed by atoms with Crippen LogP contribution < -0.4 is 9.91 Å². The van der Waals surface area contributed by atoms with Gasteiger partial charge in [0.25, 0.3) is 11.8 Å². The smallest absolute Gasteiger partial charge is 0.263 e. The molecule has 0 saturated carbocycles. The fraction of sp³-hybridized carbons (Fsp3) is 0.222. The number of fused-ring (bicyclic) bond motifs is 1. The fourth-order valence-corrected chi connectivity index (χ4v) is 3.55. The standard InChI is InChI=1S/C18H15FN4O2S/c1-10-6-7-12(9-14(10)19)23-16-15(20-21-23)17(24)22(18(16)25)11-4-3-5-13(8-11)26-2/h3-9,15-16H,1-2H3/t15-,16+/m0/s1. The van der Waals surface area contributed by atoms with Crippen molar-refractivity contribution in [2.45, 2.75) is 23.9 Å². The number of amides is 2. The van der Waals surface area contributed by atoms with Gasteiger partial charge in [0.1, 0.15) is 5.82 Å². The molecule has 26 heavy (non-hydrogen) atoms. The molecule has 2 aromatic rings. The zero-order chi connectivity index (χ0) is 18.4. The van der Waals surface area contributed by atoms with Crippen LogP contribution in [0.25, 0.3) is 0 Å². The molecule has 2 aliphatic heterocycles. The summed E-state index contributed by atoms with van der Waals surface area (Å²) in [5.41, 5.74) is 1.39. The highest BCUT2D eigenvalue weighted by atomic mass is 32.2. The first-order valence-corrected chi connectivity index (χ1v) is 9.22. The zero-order valence-corrected chi connectivity index (χ0v) is 14.9. The van der Waals surface area contributed by atoms with Crippen molar-refractivity contribution in [1.82, 2.24) is 0 Å². The number of aryl methyl sites for hydroxylation is 1. The molecule has 0 radical (unpaired) electrons. The topological polar surface area (TPSA) is 65.3 Å². The van der Waals surface area contributed by atoms with Crippen molar-refractivity contribution in [3.05, 3.63) is 53.8 Å². The normalized spacial score (nSPS) is 21.7. The van der Waals surface area contributed by atoms with E-state index in [2.05, 4.69) is 10.3 Å². The summed E-state index contributed by atoms with van der Waals surface area (Å²) >= 11 is 1.52. The average Bonchev–Trinajstić information content (AvgIpc) is 3.18. The molecule has 2 aliphatic rings. The van der Waals surface area contributed by atoms with Crippen LogP contribution in [0.4, 0.5) is 15.8 Å². The highest BCUT2D eigenvalue weighted by Gasteiger charge is 2.55. The molecule has 2 atom stereocenters. The van der Waals surface area contributed by atoms with E-state index in [1.54, 1.807) is 37.3 Å². The number of hydrogen-bond acceptors (Lipinski definition) is 6. The minimum absolute atomic E-state index is 0.394. The van der Waals surface area contributed by atoms with E-state index in [9.17, 15) is 14.0 Å². The van der Waals surface area contributed by atoms with E-state index in [-0.39, 0.29) is 0 Å². The van der Waals surface area contributed by atoms with E-state index in [1.165, 1.54) is 22.8 Å². The first kappa shape index (κ1) is 16.7. The first-order chi connectivity index (χ1) is 12.5. The Hall–Kier alpha value is -2.74. The fourth-order valence-electron chi connectivity index (χ4n) is 3.10. The van der Waals surface area contributed by atoms with E-state index >= 15 is 0 Å². The van der Waals surface area contributed by atoms with E-state index in [4.69, 9.17) is 0 Å². The third-order valence-corrected chi connectivity index (χ3v) is 5.24. The summed E-state index contributed by atoms with van der Waals surface area (Å²) in [6.45, 7) is 1.65. The lowest BCUT2D eigenvalue weighted by Gasteiger charge is -2.21. The molecule has 4 rings (SSSR count). The van der Waals surface area contributed by atoms with Gasteiger partial charge in [0, 0.05) is 4.90 Å². The Morgan fingerprint density at radius 2 is 1.88 bits per heavy atom. The Morgan fingerprint density at radius 1 is 1.08 bits per heavy atom. The number of benzene rings is 2. The van der Waals surface area contributed by atoms with Gasteiger partial charge in [-0.3, -0.25) is 9.59 Å². The SMILES string of the molecule is CSc1cccc(N2C(=O)[C@H]3N=NN(c4ccc(C)c(F)c4)[C@H]3C2=O)c1. The zero-order valence-electron chi connectivity index (χ0n) is 14.1. The summed E-state index contributed by atoms with van der Waals surface area (Å²) in [4.78, 5) is 27.8. The van der Waals surface area contributed by atoms with Gasteiger partial charge in [0.05, 0.1) is 11.4 Å². The summed E-state index contributed by atoms with van der Waals surface area (Å²) in [5.74, 6) is -1.23. The highest BCUT2D eigenvalue weighted by Crippen LogP contribution is 2.36. The number of carbonyl (C=O) groups excluding carboxylic acids is 2. The highest BCUT2D eigenvalue weighted by molar-refractivity contribution is 7.98. The third-order valence-electron chi connectivity index (χ3n) is 4.51. The summed E-state index contributed by atoms with van der Waals surface area (Å²) in [6.07, 6.45) is 1.92. The lowest BCUT2D eigenvalue weighted by molar-refractivity contribution is -0.121. The second-order valence-corrected chi connectivity index (χ2v) is 6.97.